The molecule has 3 unspecified atom stereocenters. The van der Waals surface area contributed by atoms with Crippen molar-refractivity contribution in [1.82, 2.24) is 4.90 Å². The first-order valence-corrected chi connectivity index (χ1v) is 6.01. The molecule has 2 bridgehead atoms. The summed E-state index contributed by atoms with van der Waals surface area (Å²) in [7, 11) is 2.22. The highest BCUT2D eigenvalue weighted by Crippen LogP contribution is 2.43. The molecule has 2 saturated heterocycles. The molecule has 0 amide bonds. The van der Waals surface area contributed by atoms with Gasteiger partial charge in [-0.1, -0.05) is 20.3 Å². The lowest BCUT2D eigenvalue weighted by atomic mass is 9.76. The fourth-order valence-corrected chi connectivity index (χ4v) is 3.26. The van der Waals surface area contributed by atoms with E-state index in [0.29, 0.717) is 18.0 Å². The lowest BCUT2D eigenvalue weighted by Crippen LogP contribution is -2.52. The zero-order valence-corrected chi connectivity index (χ0v) is 9.66. The van der Waals surface area contributed by atoms with Gasteiger partial charge in [-0.05, 0) is 38.6 Å². The summed E-state index contributed by atoms with van der Waals surface area (Å²) in [5.41, 5.74) is -0.368. The summed E-state index contributed by atoms with van der Waals surface area (Å²) in [6, 6.07) is 1.29. The Hall–Kier alpha value is -0.0800. The molecule has 2 heteroatoms. The molecule has 82 valence electrons. The van der Waals surface area contributed by atoms with Crippen LogP contribution in [-0.4, -0.2) is 34.7 Å². The van der Waals surface area contributed by atoms with Gasteiger partial charge in [0, 0.05) is 12.1 Å². The van der Waals surface area contributed by atoms with E-state index in [-0.39, 0.29) is 5.60 Å². The Morgan fingerprint density at radius 1 is 1.36 bits per heavy atom. The molecular formula is C12H23NO. The van der Waals surface area contributed by atoms with Gasteiger partial charge in [0.05, 0.1) is 5.60 Å². The minimum absolute atomic E-state index is 0.368. The highest BCUT2D eigenvalue weighted by molar-refractivity contribution is 5.02. The smallest absolute Gasteiger partial charge is 0.0702 e. The molecule has 0 radical (unpaired) electrons. The summed E-state index contributed by atoms with van der Waals surface area (Å²) in [6.45, 7) is 4.38. The molecule has 1 N–H and O–H groups in total. The fourth-order valence-electron chi connectivity index (χ4n) is 3.26. The first-order valence-electron chi connectivity index (χ1n) is 6.01. The van der Waals surface area contributed by atoms with E-state index in [2.05, 4.69) is 25.8 Å². The monoisotopic (exact) mass is 197 g/mol. The maximum Gasteiger partial charge on any atom is 0.0702 e. The molecule has 3 atom stereocenters. The van der Waals surface area contributed by atoms with Gasteiger partial charge in [0.15, 0.2) is 0 Å². The highest BCUT2D eigenvalue weighted by atomic mass is 16.3. The van der Waals surface area contributed by atoms with Crippen LogP contribution in [0.3, 0.4) is 0 Å². The number of aliphatic hydroxyl groups is 1. The second-order valence-corrected chi connectivity index (χ2v) is 5.37. The first kappa shape index (κ1) is 10.4. The van der Waals surface area contributed by atoms with Crippen LogP contribution in [0, 0.1) is 5.92 Å². The first-order chi connectivity index (χ1) is 6.57. The van der Waals surface area contributed by atoms with Crippen LogP contribution in [0.15, 0.2) is 0 Å². The van der Waals surface area contributed by atoms with Gasteiger partial charge in [-0.2, -0.15) is 0 Å². The zero-order chi connectivity index (χ0) is 10.3. The fraction of sp³-hybridized carbons (Fsp3) is 1.00. The second-order valence-electron chi connectivity index (χ2n) is 5.37. The Kier molecular flexibility index (Phi) is 2.61. The van der Waals surface area contributed by atoms with E-state index in [1.54, 1.807) is 0 Å². The zero-order valence-electron chi connectivity index (χ0n) is 9.66. The van der Waals surface area contributed by atoms with Crippen LogP contribution in [0.2, 0.25) is 0 Å². The van der Waals surface area contributed by atoms with E-state index in [4.69, 9.17) is 0 Å². The summed E-state index contributed by atoms with van der Waals surface area (Å²) in [5.74, 6) is 0.458. The minimum Gasteiger partial charge on any atom is -0.389 e. The van der Waals surface area contributed by atoms with E-state index >= 15 is 0 Å². The molecule has 0 spiro atoms. The van der Waals surface area contributed by atoms with Crippen LogP contribution in [0.4, 0.5) is 0 Å². The average molecular weight is 197 g/mol. The Morgan fingerprint density at radius 3 is 2.29 bits per heavy atom. The van der Waals surface area contributed by atoms with Crippen LogP contribution in [0.25, 0.3) is 0 Å². The van der Waals surface area contributed by atoms with Gasteiger partial charge in [0.2, 0.25) is 0 Å². The Bertz CT molecular complexity index is 202. The van der Waals surface area contributed by atoms with Gasteiger partial charge < -0.3 is 10.0 Å². The van der Waals surface area contributed by atoms with Crippen molar-refractivity contribution < 1.29 is 5.11 Å². The van der Waals surface area contributed by atoms with E-state index < -0.39 is 0 Å². The van der Waals surface area contributed by atoms with Crippen molar-refractivity contribution in [2.45, 2.75) is 63.6 Å². The van der Waals surface area contributed by atoms with Crippen molar-refractivity contribution in [2.75, 3.05) is 7.05 Å². The SMILES string of the molecule is CCC(C)C1(O)CC2CCC(C1)N2C. The van der Waals surface area contributed by atoms with Crippen LogP contribution < -0.4 is 0 Å². The maximum atomic E-state index is 10.6. The van der Waals surface area contributed by atoms with Gasteiger partial charge in [0.1, 0.15) is 0 Å². The Balaban J connectivity index is 2.11. The second kappa shape index (κ2) is 3.49. The van der Waals surface area contributed by atoms with Crippen molar-refractivity contribution in [3.05, 3.63) is 0 Å². The lowest BCUT2D eigenvalue weighted by molar-refractivity contribution is -0.0819. The minimum atomic E-state index is -0.368. The van der Waals surface area contributed by atoms with Crippen molar-refractivity contribution in [3.8, 4) is 0 Å². The Morgan fingerprint density at radius 2 is 1.86 bits per heavy atom. The van der Waals surface area contributed by atoms with E-state index in [0.717, 1.165) is 19.3 Å². The molecule has 2 heterocycles. The van der Waals surface area contributed by atoms with Crippen LogP contribution >= 0.6 is 0 Å². The molecular weight excluding hydrogens is 174 g/mol. The van der Waals surface area contributed by atoms with Gasteiger partial charge in [-0.3, -0.25) is 0 Å². The molecule has 0 aromatic carbocycles. The molecule has 14 heavy (non-hydrogen) atoms. The van der Waals surface area contributed by atoms with Crippen LogP contribution in [0.5, 0.6) is 0 Å². The molecule has 2 aliphatic rings. The summed E-state index contributed by atoms with van der Waals surface area (Å²) in [4.78, 5) is 2.48. The molecule has 0 aromatic heterocycles. The number of nitrogens with zero attached hydrogens (tertiary/aromatic N) is 1. The summed E-state index contributed by atoms with van der Waals surface area (Å²) >= 11 is 0. The predicted octanol–water partition coefficient (Wildman–Crippen LogP) is 2.02. The largest absolute Gasteiger partial charge is 0.389 e. The molecule has 2 fully saturated rings. The third kappa shape index (κ3) is 1.49. The molecule has 2 aliphatic heterocycles. The third-order valence-corrected chi connectivity index (χ3v) is 4.69. The Labute approximate surface area is 87.3 Å². The van der Waals surface area contributed by atoms with E-state index in [1.807, 2.05) is 0 Å². The normalized spacial score (nSPS) is 45.4. The molecule has 0 saturated carbocycles. The van der Waals surface area contributed by atoms with Gasteiger partial charge in [-0.15, -0.1) is 0 Å². The third-order valence-electron chi connectivity index (χ3n) is 4.69. The van der Waals surface area contributed by atoms with Crippen molar-refractivity contribution in [1.29, 1.82) is 0 Å². The summed E-state index contributed by atoms with van der Waals surface area (Å²) in [5, 5.41) is 10.6. The maximum absolute atomic E-state index is 10.6. The number of rotatable bonds is 2. The molecule has 2 rings (SSSR count). The predicted molar refractivity (Wildman–Crippen MR) is 58.2 cm³/mol. The topological polar surface area (TPSA) is 23.5 Å². The molecule has 0 aromatic rings. The quantitative estimate of drug-likeness (QED) is 0.732. The van der Waals surface area contributed by atoms with E-state index in [9.17, 15) is 5.11 Å². The van der Waals surface area contributed by atoms with E-state index in [1.165, 1.54) is 12.8 Å². The van der Waals surface area contributed by atoms with Crippen molar-refractivity contribution >= 4 is 0 Å². The van der Waals surface area contributed by atoms with Crippen molar-refractivity contribution in [3.63, 3.8) is 0 Å². The number of hydrogen-bond donors (Lipinski definition) is 1. The number of hydrogen-bond acceptors (Lipinski definition) is 2. The molecule has 0 aliphatic carbocycles. The van der Waals surface area contributed by atoms with Gasteiger partial charge in [-0.25, -0.2) is 0 Å². The van der Waals surface area contributed by atoms with Gasteiger partial charge >= 0.3 is 0 Å². The average Bonchev–Trinajstić information content (AvgIpc) is 2.42. The summed E-state index contributed by atoms with van der Waals surface area (Å²) in [6.07, 6.45) is 5.67. The van der Waals surface area contributed by atoms with Crippen molar-refractivity contribution in [2.24, 2.45) is 5.92 Å². The van der Waals surface area contributed by atoms with Crippen LogP contribution in [-0.2, 0) is 0 Å². The molecule has 2 nitrogen and oxygen atoms in total. The number of fused-ring (bicyclic) bond motifs is 2. The highest BCUT2D eigenvalue weighted by Gasteiger charge is 2.47. The standard InChI is InChI=1S/C12H23NO/c1-4-9(2)12(14)7-10-5-6-11(8-12)13(10)3/h9-11,14H,4-8H2,1-3H3. The lowest BCUT2D eigenvalue weighted by Gasteiger charge is -2.45. The van der Waals surface area contributed by atoms with Gasteiger partial charge in [0.25, 0.3) is 0 Å². The summed E-state index contributed by atoms with van der Waals surface area (Å²) < 4.78 is 0. The van der Waals surface area contributed by atoms with Crippen LogP contribution in [0.1, 0.15) is 46.0 Å². The number of piperidine rings is 1.